The summed E-state index contributed by atoms with van der Waals surface area (Å²) in [6.45, 7) is 10.4. The summed E-state index contributed by atoms with van der Waals surface area (Å²) < 4.78 is 0. The fourth-order valence-corrected chi connectivity index (χ4v) is 3.10. The van der Waals surface area contributed by atoms with Crippen LogP contribution >= 0.6 is 0 Å². The van der Waals surface area contributed by atoms with E-state index in [1.165, 1.54) is 90.9 Å². The van der Waals surface area contributed by atoms with Gasteiger partial charge >= 0.3 is 0 Å². The summed E-state index contributed by atoms with van der Waals surface area (Å²) in [5, 5.41) is 0. The van der Waals surface area contributed by atoms with Crippen molar-refractivity contribution in [2.24, 2.45) is 0 Å². The van der Waals surface area contributed by atoms with E-state index in [9.17, 15) is 0 Å². The minimum absolute atomic E-state index is 1.24. The van der Waals surface area contributed by atoms with Crippen molar-refractivity contribution in [2.45, 2.75) is 38.5 Å². The van der Waals surface area contributed by atoms with Crippen LogP contribution < -0.4 is 0 Å². The van der Waals surface area contributed by atoms with Gasteiger partial charge in [0.1, 0.15) is 0 Å². The second-order valence-electron chi connectivity index (χ2n) is 6.11. The summed E-state index contributed by atoms with van der Waals surface area (Å²) in [5.74, 6) is 0. The Hall–Kier alpha value is -0.120. The summed E-state index contributed by atoms with van der Waals surface area (Å²) in [7, 11) is 2.29. The highest BCUT2D eigenvalue weighted by Gasteiger charge is 2.12. The van der Waals surface area contributed by atoms with Crippen molar-refractivity contribution in [2.75, 3.05) is 59.4 Å². The molecule has 2 aliphatic heterocycles. The Bertz CT molecular complexity index is 186. The molecule has 3 heteroatoms. The van der Waals surface area contributed by atoms with Gasteiger partial charge in [0.05, 0.1) is 0 Å². The van der Waals surface area contributed by atoms with E-state index in [0.29, 0.717) is 0 Å². The van der Waals surface area contributed by atoms with Crippen molar-refractivity contribution >= 4 is 0 Å². The Balaban J connectivity index is 1.52. The lowest BCUT2D eigenvalue weighted by molar-refractivity contribution is 0.170. The Kier molecular flexibility index (Phi) is 6.46. The number of likely N-dealkylation sites (tertiary alicyclic amines) is 2. The summed E-state index contributed by atoms with van der Waals surface area (Å²) >= 11 is 0. The van der Waals surface area contributed by atoms with E-state index in [-0.39, 0.29) is 0 Å². The Labute approximate surface area is 113 Å². The number of piperidine rings is 2. The molecule has 106 valence electrons. The molecule has 0 atom stereocenters. The lowest BCUT2D eigenvalue weighted by Crippen LogP contribution is -2.40. The van der Waals surface area contributed by atoms with E-state index in [0.717, 1.165) is 0 Å². The summed E-state index contributed by atoms with van der Waals surface area (Å²) in [4.78, 5) is 7.80. The topological polar surface area (TPSA) is 9.72 Å². The van der Waals surface area contributed by atoms with Crippen molar-refractivity contribution in [3.63, 3.8) is 0 Å². The van der Waals surface area contributed by atoms with E-state index >= 15 is 0 Å². The van der Waals surface area contributed by atoms with Gasteiger partial charge in [-0.2, -0.15) is 0 Å². The molecule has 2 heterocycles. The molecule has 2 aliphatic rings. The van der Waals surface area contributed by atoms with Crippen LogP contribution in [0, 0.1) is 0 Å². The summed E-state index contributed by atoms with van der Waals surface area (Å²) in [6.07, 6.45) is 8.55. The molecule has 0 saturated carbocycles. The molecular weight excluding hydrogens is 222 g/mol. The first kappa shape index (κ1) is 14.3. The monoisotopic (exact) mass is 253 g/mol. The van der Waals surface area contributed by atoms with Gasteiger partial charge in [0, 0.05) is 26.2 Å². The predicted molar refractivity (Wildman–Crippen MR) is 78.1 cm³/mol. The standard InChI is InChI=1S/C15H31N3/c1-16(12-14-17-8-4-2-5-9-17)13-15-18-10-6-3-7-11-18/h2-15H2,1H3. The summed E-state index contributed by atoms with van der Waals surface area (Å²) in [5.41, 5.74) is 0. The van der Waals surface area contributed by atoms with Crippen LogP contribution in [0.1, 0.15) is 38.5 Å². The molecule has 2 rings (SSSR count). The van der Waals surface area contributed by atoms with Gasteiger partial charge in [0.15, 0.2) is 0 Å². The van der Waals surface area contributed by atoms with Gasteiger partial charge < -0.3 is 14.7 Å². The molecule has 0 radical (unpaired) electrons. The van der Waals surface area contributed by atoms with Gasteiger partial charge in [-0.05, 0) is 58.9 Å². The molecule has 2 fully saturated rings. The van der Waals surface area contributed by atoms with Crippen molar-refractivity contribution in [3.05, 3.63) is 0 Å². The molecule has 0 bridgehead atoms. The molecule has 0 aromatic rings. The number of rotatable bonds is 6. The molecule has 0 unspecified atom stereocenters. The minimum atomic E-state index is 1.24. The molecule has 0 spiro atoms. The van der Waals surface area contributed by atoms with E-state index in [2.05, 4.69) is 21.7 Å². The molecule has 0 aliphatic carbocycles. The average Bonchev–Trinajstić information content (AvgIpc) is 2.45. The second-order valence-corrected chi connectivity index (χ2v) is 6.11. The van der Waals surface area contributed by atoms with Crippen LogP contribution in [0.2, 0.25) is 0 Å². The highest BCUT2D eigenvalue weighted by atomic mass is 15.2. The van der Waals surface area contributed by atoms with Crippen LogP contribution in [-0.2, 0) is 0 Å². The average molecular weight is 253 g/mol. The predicted octanol–water partition coefficient (Wildman–Crippen LogP) is 1.89. The van der Waals surface area contributed by atoms with Gasteiger partial charge in [-0.3, -0.25) is 0 Å². The van der Waals surface area contributed by atoms with Crippen LogP contribution in [-0.4, -0.2) is 74.1 Å². The van der Waals surface area contributed by atoms with Crippen molar-refractivity contribution < 1.29 is 0 Å². The zero-order valence-electron chi connectivity index (χ0n) is 12.2. The fraction of sp³-hybridized carbons (Fsp3) is 1.00. The lowest BCUT2D eigenvalue weighted by Gasteiger charge is -2.31. The molecule has 0 aromatic heterocycles. The molecular formula is C15H31N3. The minimum Gasteiger partial charge on any atom is -0.304 e. The zero-order chi connectivity index (χ0) is 12.6. The number of hydrogen-bond donors (Lipinski definition) is 0. The maximum Gasteiger partial charge on any atom is 0.0109 e. The van der Waals surface area contributed by atoms with Crippen LogP contribution in [0.3, 0.4) is 0 Å². The van der Waals surface area contributed by atoms with Crippen molar-refractivity contribution in [1.29, 1.82) is 0 Å². The van der Waals surface area contributed by atoms with E-state index < -0.39 is 0 Å². The van der Waals surface area contributed by atoms with Crippen LogP contribution in [0.25, 0.3) is 0 Å². The van der Waals surface area contributed by atoms with Crippen molar-refractivity contribution in [3.8, 4) is 0 Å². The fourth-order valence-electron chi connectivity index (χ4n) is 3.10. The SMILES string of the molecule is CN(CCN1CCCCC1)CCN1CCCCC1. The third kappa shape index (κ3) is 5.25. The summed E-state index contributed by atoms with van der Waals surface area (Å²) in [6, 6.07) is 0. The van der Waals surface area contributed by atoms with Gasteiger partial charge in [0.25, 0.3) is 0 Å². The van der Waals surface area contributed by atoms with Gasteiger partial charge in [0.2, 0.25) is 0 Å². The highest BCUT2D eigenvalue weighted by Crippen LogP contribution is 2.09. The molecule has 0 N–H and O–H groups in total. The van der Waals surface area contributed by atoms with E-state index in [1.54, 1.807) is 0 Å². The zero-order valence-corrected chi connectivity index (χ0v) is 12.2. The molecule has 3 nitrogen and oxygen atoms in total. The van der Waals surface area contributed by atoms with Crippen LogP contribution in [0.4, 0.5) is 0 Å². The van der Waals surface area contributed by atoms with Crippen LogP contribution in [0.5, 0.6) is 0 Å². The smallest absolute Gasteiger partial charge is 0.0109 e. The third-order valence-corrected chi connectivity index (χ3v) is 4.49. The van der Waals surface area contributed by atoms with Gasteiger partial charge in [-0.1, -0.05) is 12.8 Å². The van der Waals surface area contributed by atoms with E-state index in [4.69, 9.17) is 0 Å². The van der Waals surface area contributed by atoms with Crippen LogP contribution in [0.15, 0.2) is 0 Å². The second kappa shape index (κ2) is 8.13. The molecule has 18 heavy (non-hydrogen) atoms. The third-order valence-electron chi connectivity index (χ3n) is 4.49. The normalized spacial score (nSPS) is 23.7. The molecule has 0 aromatic carbocycles. The first-order valence-electron chi connectivity index (χ1n) is 7.98. The van der Waals surface area contributed by atoms with Crippen molar-refractivity contribution in [1.82, 2.24) is 14.7 Å². The number of nitrogens with zero attached hydrogens (tertiary/aromatic N) is 3. The maximum atomic E-state index is 2.64. The first-order valence-corrected chi connectivity index (χ1v) is 7.98. The Morgan fingerprint density at radius 1 is 0.667 bits per heavy atom. The Morgan fingerprint density at radius 3 is 1.44 bits per heavy atom. The van der Waals surface area contributed by atoms with Gasteiger partial charge in [-0.15, -0.1) is 0 Å². The largest absolute Gasteiger partial charge is 0.304 e. The Morgan fingerprint density at radius 2 is 1.06 bits per heavy atom. The molecule has 2 saturated heterocycles. The van der Waals surface area contributed by atoms with E-state index in [1.807, 2.05) is 0 Å². The quantitative estimate of drug-likeness (QED) is 0.716. The van der Waals surface area contributed by atoms with Gasteiger partial charge in [-0.25, -0.2) is 0 Å². The maximum absolute atomic E-state index is 2.64. The molecule has 0 amide bonds. The lowest BCUT2D eigenvalue weighted by atomic mass is 10.1. The number of hydrogen-bond acceptors (Lipinski definition) is 3. The highest BCUT2D eigenvalue weighted by molar-refractivity contribution is 4.68. The number of likely N-dealkylation sites (N-methyl/N-ethyl adjacent to an activating group) is 1. The first-order chi connectivity index (χ1) is 8.84.